The largest absolute Gasteiger partial charge is 0.494 e. The summed E-state index contributed by atoms with van der Waals surface area (Å²) < 4.78 is 5.23. The molecule has 1 aliphatic rings. The lowest BCUT2D eigenvalue weighted by atomic mass is 10.1. The van der Waals surface area contributed by atoms with Gasteiger partial charge in [-0.25, -0.2) is 0 Å². The van der Waals surface area contributed by atoms with Crippen LogP contribution in [0.25, 0.3) is 0 Å². The first kappa shape index (κ1) is 12.5. The van der Waals surface area contributed by atoms with Crippen LogP contribution in [0.2, 0.25) is 0 Å². The summed E-state index contributed by atoms with van der Waals surface area (Å²) in [5.74, 6) is 0.416. The lowest BCUT2D eigenvalue weighted by Crippen LogP contribution is -2.33. The molecule has 0 bridgehead atoms. The normalized spacial score (nSPS) is 14.1. The maximum Gasteiger partial charge on any atom is 0.258 e. The summed E-state index contributed by atoms with van der Waals surface area (Å²) in [6.45, 7) is 4.25. The third kappa shape index (κ3) is 2.32. The SMILES string of the molecule is C=CCN(C(=O)c1cccc(N)c1OC)C1CC1. The van der Waals surface area contributed by atoms with Crippen LogP contribution in [-0.2, 0) is 0 Å². The van der Waals surface area contributed by atoms with Crippen LogP contribution >= 0.6 is 0 Å². The molecule has 4 heteroatoms. The average Bonchev–Trinajstić information content (AvgIpc) is 3.19. The van der Waals surface area contributed by atoms with Crippen molar-refractivity contribution in [3.05, 3.63) is 36.4 Å². The number of carbonyl (C=O) groups is 1. The molecule has 0 aromatic heterocycles. The molecule has 1 aliphatic carbocycles. The minimum Gasteiger partial charge on any atom is -0.494 e. The zero-order chi connectivity index (χ0) is 13.1. The molecular weight excluding hydrogens is 228 g/mol. The lowest BCUT2D eigenvalue weighted by molar-refractivity contribution is 0.0759. The van der Waals surface area contributed by atoms with E-state index in [0.717, 1.165) is 12.8 Å². The highest BCUT2D eigenvalue weighted by atomic mass is 16.5. The van der Waals surface area contributed by atoms with E-state index >= 15 is 0 Å². The highest BCUT2D eigenvalue weighted by Crippen LogP contribution is 2.32. The molecule has 2 rings (SSSR count). The minimum absolute atomic E-state index is 0.0402. The van der Waals surface area contributed by atoms with Crippen molar-refractivity contribution in [2.45, 2.75) is 18.9 Å². The monoisotopic (exact) mass is 246 g/mol. The van der Waals surface area contributed by atoms with Gasteiger partial charge < -0.3 is 15.4 Å². The van der Waals surface area contributed by atoms with E-state index in [9.17, 15) is 4.79 Å². The Hall–Kier alpha value is -1.97. The first-order chi connectivity index (χ1) is 8.69. The summed E-state index contributed by atoms with van der Waals surface area (Å²) in [6.07, 6.45) is 3.86. The first-order valence-electron chi connectivity index (χ1n) is 6.03. The van der Waals surface area contributed by atoms with Crippen LogP contribution in [-0.4, -0.2) is 30.5 Å². The van der Waals surface area contributed by atoms with Gasteiger partial charge in [-0.05, 0) is 25.0 Å². The molecule has 0 atom stereocenters. The van der Waals surface area contributed by atoms with Gasteiger partial charge in [0.1, 0.15) is 0 Å². The van der Waals surface area contributed by atoms with Crippen LogP contribution in [0.1, 0.15) is 23.2 Å². The summed E-state index contributed by atoms with van der Waals surface area (Å²) >= 11 is 0. The molecule has 1 aromatic rings. The Bertz CT molecular complexity index is 467. The maximum absolute atomic E-state index is 12.5. The number of nitrogen functional groups attached to an aromatic ring is 1. The van der Waals surface area contributed by atoms with Gasteiger partial charge >= 0.3 is 0 Å². The van der Waals surface area contributed by atoms with E-state index in [1.807, 2.05) is 4.90 Å². The third-order valence-corrected chi connectivity index (χ3v) is 3.05. The number of ether oxygens (including phenoxy) is 1. The topological polar surface area (TPSA) is 55.6 Å². The number of rotatable bonds is 5. The predicted octanol–water partition coefficient (Wildman–Crippen LogP) is 2.07. The third-order valence-electron chi connectivity index (χ3n) is 3.05. The van der Waals surface area contributed by atoms with Gasteiger partial charge in [-0.2, -0.15) is 0 Å². The molecule has 4 nitrogen and oxygen atoms in total. The molecule has 0 radical (unpaired) electrons. The van der Waals surface area contributed by atoms with E-state index in [0.29, 0.717) is 29.6 Å². The second-order valence-corrected chi connectivity index (χ2v) is 4.41. The van der Waals surface area contributed by atoms with Crippen LogP contribution < -0.4 is 10.5 Å². The number of hydrogen-bond acceptors (Lipinski definition) is 3. The fraction of sp³-hybridized carbons (Fsp3) is 0.357. The number of nitrogens with zero attached hydrogens (tertiary/aromatic N) is 1. The standard InChI is InChI=1S/C14H18N2O2/c1-3-9-16(10-7-8-10)14(17)11-5-4-6-12(15)13(11)18-2/h3-6,10H,1,7-9,15H2,2H3. The fourth-order valence-corrected chi connectivity index (χ4v) is 2.03. The van der Waals surface area contributed by atoms with Crippen molar-refractivity contribution in [3.8, 4) is 5.75 Å². The Kier molecular flexibility index (Phi) is 3.55. The summed E-state index contributed by atoms with van der Waals surface area (Å²) in [5.41, 5.74) is 6.82. The van der Waals surface area contributed by atoms with Crippen LogP contribution in [0.4, 0.5) is 5.69 Å². The molecule has 2 N–H and O–H groups in total. The maximum atomic E-state index is 12.5. The molecular formula is C14H18N2O2. The van der Waals surface area contributed by atoms with E-state index in [4.69, 9.17) is 10.5 Å². The molecule has 0 aliphatic heterocycles. The lowest BCUT2D eigenvalue weighted by Gasteiger charge is -2.22. The second-order valence-electron chi connectivity index (χ2n) is 4.41. The van der Waals surface area contributed by atoms with Gasteiger partial charge in [0.15, 0.2) is 5.75 Å². The fourth-order valence-electron chi connectivity index (χ4n) is 2.03. The van der Waals surface area contributed by atoms with Crippen molar-refractivity contribution in [1.29, 1.82) is 0 Å². The smallest absolute Gasteiger partial charge is 0.258 e. The molecule has 0 unspecified atom stereocenters. The van der Waals surface area contributed by atoms with E-state index < -0.39 is 0 Å². The zero-order valence-electron chi connectivity index (χ0n) is 10.6. The number of nitrogens with two attached hydrogens (primary N) is 1. The minimum atomic E-state index is -0.0402. The molecule has 1 saturated carbocycles. The highest BCUT2D eigenvalue weighted by Gasteiger charge is 2.33. The van der Waals surface area contributed by atoms with Crippen molar-refractivity contribution >= 4 is 11.6 Å². The van der Waals surface area contributed by atoms with Gasteiger partial charge in [-0.1, -0.05) is 12.1 Å². The van der Waals surface area contributed by atoms with Crippen LogP contribution in [0.3, 0.4) is 0 Å². The molecule has 1 aromatic carbocycles. The van der Waals surface area contributed by atoms with Gasteiger partial charge in [0.05, 0.1) is 18.4 Å². The van der Waals surface area contributed by atoms with Crippen LogP contribution in [0.15, 0.2) is 30.9 Å². The van der Waals surface area contributed by atoms with Crippen molar-refractivity contribution in [2.75, 3.05) is 19.4 Å². The predicted molar refractivity (Wildman–Crippen MR) is 71.7 cm³/mol. The number of methoxy groups -OCH3 is 1. The molecule has 1 fully saturated rings. The van der Waals surface area contributed by atoms with Crippen molar-refractivity contribution in [1.82, 2.24) is 4.90 Å². The van der Waals surface area contributed by atoms with Gasteiger partial charge in [-0.3, -0.25) is 4.79 Å². The Morgan fingerprint density at radius 3 is 2.89 bits per heavy atom. The Morgan fingerprint density at radius 1 is 1.61 bits per heavy atom. The molecule has 0 heterocycles. The van der Waals surface area contributed by atoms with Crippen molar-refractivity contribution in [2.24, 2.45) is 0 Å². The van der Waals surface area contributed by atoms with Gasteiger partial charge in [0, 0.05) is 12.6 Å². The molecule has 0 saturated heterocycles. The Morgan fingerprint density at radius 2 is 2.33 bits per heavy atom. The van der Waals surface area contributed by atoms with Gasteiger partial charge in [0.2, 0.25) is 0 Å². The summed E-state index contributed by atoms with van der Waals surface area (Å²) in [5, 5.41) is 0. The molecule has 18 heavy (non-hydrogen) atoms. The van der Waals surface area contributed by atoms with E-state index in [-0.39, 0.29) is 5.91 Å². The van der Waals surface area contributed by atoms with Crippen molar-refractivity contribution < 1.29 is 9.53 Å². The molecule has 1 amide bonds. The van der Waals surface area contributed by atoms with E-state index in [2.05, 4.69) is 6.58 Å². The summed E-state index contributed by atoms with van der Waals surface area (Å²) in [7, 11) is 1.53. The average molecular weight is 246 g/mol. The quantitative estimate of drug-likeness (QED) is 0.639. The van der Waals surface area contributed by atoms with Gasteiger partial charge in [0.25, 0.3) is 5.91 Å². The van der Waals surface area contributed by atoms with Gasteiger partial charge in [-0.15, -0.1) is 6.58 Å². The number of carbonyl (C=O) groups excluding carboxylic acids is 1. The molecule has 0 spiro atoms. The number of benzene rings is 1. The number of amides is 1. The highest BCUT2D eigenvalue weighted by molar-refractivity contribution is 5.99. The van der Waals surface area contributed by atoms with Crippen molar-refractivity contribution in [3.63, 3.8) is 0 Å². The number of anilines is 1. The Labute approximate surface area is 107 Å². The summed E-state index contributed by atoms with van der Waals surface area (Å²) in [4.78, 5) is 14.3. The van der Waals surface area contributed by atoms with E-state index in [1.54, 1.807) is 24.3 Å². The molecule has 96 valence electrons. The second kappa shape index (κ2) is 5.12. The first-order valence-corrected chi connectivity index (χ1v) is 6.03. The Balaban J connectivity index is 2.31. The van der Waals surface area contributed by atoms with E-state index in [1.165, 1.54) is 7.11 Å². The number of para-hydroxylation sites is 1. The van der Waals surface area contributed by atoms with Crippen LogP contribution in [0, 0.1) is 0 Å². The summed E-state index contributed by atoms with van der Waals surface area (Å²) in [6, 6.07) is 5.58. The van der Waals surface area contributed by atoms with Crippen LogP contribution in [0.5, 0.6) is 5.75 Å². The zero-order valence-corrected chi connectivity index (χ0v) is 10.6. The number of hydrogen-bond donors (Lipinski definition) is 1.